The first-order chi connectivity index (χ1) is 10.1. The smallest absolute Gasteiger partial charge is 0.0218 e. The molecule has 1 saturated heterocycles. The third-order valence-corrected chi connectivity index (χ3v) is 5.79. The minimum Gasteiger partial charge on any atom is -0.329 e. The van der Waals surface area contributed by atoms with Crippen molar-refractivity contribution in [1.82, 2.24) is 4.90 Å². The maximum atomic E-state index is 6.04. The molecule has 1 atom stereocenters. The molecule has 2 nitrogen and oxygen atoms in total. The maximum absolute atomic E-state index is 6.04. The highest BCUT2D eigenvalue weighted by atomic mass is 15.2. The highest BCUT2D eigenvalue weighted by Crippen LogP contribution is 2.34. The summed E-state index contributed by atoms with van der Waals surface area (Å²) in [5.74, 6) is 0. The summed E-state index contributed by atoms with van der Waals surface area (Å²) in [5, 5.41) is 0. The molecule has 1 aliphatic rings. The normalized spacial score (nSPS) is 20.6. The number of rotatable bonds is 11. The molecule has 1 unspecified atom stereocenters. The van der Waals surface area contributed by atoms with Gasteiger partial charge in [0.1, 0.15) is 0 Å². The molecule has 0 aromatic rings. The zero-order valence-corrected chi connectivity index (χ0v) is 15.0. The Hall–Kier alpha value is -0.0800. The number of unbranched alkanes of at least 4 members (excludes halogenated alkanes) is 6. The van der Waals surface area contributed by atoms with E-state index in [1.807, 2.05) is 0 Å². The lowest BCUT2D eigenvalue weighted by Gasteiger charge is -2.42. The maximum Gasteiger partial charge on any atom is 0.0218 e. The monoisotopic (exact) mass is 296 g/mol. The van der Waals surface area contributed by atoms with Crippen molar-refractivity contribution >= 4 is 0 Å². The lowest BCUT2D eigenvalue weighted by atomic mass is 9.78. The quantitative estimate of drug-likeness (QED) is 0.546. The Bertz CT molecular complexity index is 244. The van der Waals surface area contributed by atoms with Gasteiger partial charge >= 0.3 is 0 Å². The number of hydrogen-bond acceptors (Lipinski definition) is 2. The van der Waals surface area contributed by atoms with Gasteiger partial charge in [0.2, 0.25) is 0 Å². The van der Waals surface area contributed by atoms with Crippen molar-refractivity contribution < 1.29 is 0 Å². The van der Waals surface area contributed by atoms with Gasteiger partial charge in [-0.1, -0.05) is 72.1 Å². The van der Waals surface area contributed by atoms with Crippen LogP contribution >= 0.6 is 0 Å². The van der Waals surface area contributed by atoms with Crippen LogP contribution in [0.2, 0.25) is 0 Å². The summed E-state index contributed by atoms with van der Waals surface area (Å²) < 4.78 is 0. The summed E-state index contributed by atoms with van der Waals surface area (Å²) in [7, 11) is 0. The van der Waals surface area contributed by atoms with Crippen molar-refractivity contribution in [3.63, 3.8) is 0 Å². The molecule has 0 spiro atoms. The summed E-state index contributed by atoms with van der Waals surface area (Å²) in [6, 6.07) is 0.641. The molecule has 0 aliphatic carbocycles. The minimum absolute atomic E-state index is 0.592. The summed E-state index contributed by atoms with van der Waals surface area (Å²) in [6.45, 7) is 10.5. The van der Waals surface area contributed by atoms with E-state index in [1.54, 1.807) is 0 Å². The number of piperidine rings is 1. The van der Waals surface area contributed by atoms with Crippen LogP contribution < -0.4 is 5.73 Å². The minimum atomic E-state index is 0.592. The van der Waals surface area contributed by atoms with Gasteiger partial charge in [-0.3, -0.25) is 4.90 Å². The Morgan fingerprint density at radius 2 is 1.52 bits per heavy atom. The molecule has 0 aromatic heterocycles. The van der Waals surface area contributed by atoms with Gasteiger partial charge in [0.25, 0.3) is 0 Å². The van der Waals surface area contributed by atoms with Crippen LogP contribution in [-0.2, 0) is 0 Å². The summed E-state index contributed by atoms with van der Waals surface area (Å²) in [5.41, 5.74) is 6.63. The molecule has 0 aromatic carbocycles. The number of nitrogens with zero attached hydrogens (tertiary/aromatic N) is 1. The predicted octanol–water partition coefficient (Wildman–Crippen LogP) is 4.97. The second-order valence-electron chi connectivity index (χ2n) is 7.50. The van der Waals surface area contributed by atoms with Crippen molar-refractivity contribution in [3.05, 3.63) is 0 Å². The van der Waals surface area contributed by atoms with E-state index in [2.05, 4.69) is 25.7 Å². The lowest BCUT2D eigenvalue weighted by Crippen LogP contribution is -2.47. The van der Waals surface area contributed by atoms with E-state index in [-0.39, 0.29) is 0 Å². The highest BCUT2D eigenvalue weighted by Gasteiger charge is 2.30. The van der Waals surface area contributed by atoms with Crippen molar-refractivity contribution in [3.8, 4) is 0 Å². The largest absolute Gasteiger partial charge is 0.329 e. The standard InChI is InChI=1S/C19H40N2/c1-4-6-7-8-9-10-11-12-18(17-20)21-15-13-19(3,5-2)14-16-21/h18H,4-17,20H2,1-3H3. The third kappa shape index (κ3) is 7.15. The van der Waals surface area contributed by atoms with Gasteiger partial charge in [-0.2, -0.15) is 0 Å². The van der Waals surface area contributed by atoms with Gasteiger partial charge in [-0.25, -0.2) is 0 Å². The first kappa shape index (κ1) is 19.0. The zero-order valence-electron chi connectivity index (χ0n) is 15.0. The fraction of sp³-hybridized carbons (Fsp3) is 1.00. The summed E-state index contributed by atoms with van der Waals surface area (Å²) in [6.07, 6.45) is 15.2. The Labute approximate surface area is 133 Å². The van der Waals surface area contributed by atoms with Crippen LogP contribution in [0, 0.1) is 5.41 Å². The summed E-state index contributed by atoms with van der Waals surface area (Å²) >= 11 is 0. The highest BCUT2D eigenvalue weighted by molar-refractivity contribution is 4.84. The molecule has 21 heavy (non-hydrogen) atoms. The van der Waals surface area contributed by atoms with E-state index in [9.17, 15) is 0 Å². The second-order valence-corrected chi connectivity index (χ2v) is 7.50. The van der Waals surface area contributed by atoms with E-state index in [1.165, 1.54) is 83.7 Å². The molecule has 0 amide bonds. The van der Waals surface area contributed by atoms with Crippen molar-refractivity contribution in [2.24, 2.45) is 11.1 Å². The van der Waals surface area contributed by atoms with Crippen LogP contribution in [-0.4, -0.2) is 30.6 Å². The van der Waals surface area contributed by atoms with Crippen LogP contribution in [0.4, 0.5) is 0 Å². The van der Waals surface area contributed by atoms with Crippen LogP contribution in [0.1, 0.15) is 91.4 Å². The average molecular weight is 297 g/mol. The first-order valence-corrected chi connectivity index (χ1v) is 9.59. The Kier molecular flexibility index (Phi) is 9.59. The van der Waals surface area contributed by atoms with Gasteiger partial charge < -0.3 is 5.73 Å². The molecule has 1 fully saturated rings. The molecular weight excluding hydrogens is 256 g/mol. The molecule has 0 radical (unpaired) electrons. The van der Waals surface area contributed by atoms with E-state index in [0.717, 1.165) is 6.54 Å². The fourth-order valence-corrected chi connectivity index (χ4v) is 3.57. The lowest BCUT2D eigenvalue weighted by molar-refractivity contribution is 0.0788. The fourth-order valence-electron chi connectivity index (χ4n) is 3.57. The van der Waals surface area contributed by atoms with E-state index in [0.29, 0.717) is 11.5 Å². The van der Waals surface area contributed by atoms with Crippen LogP contribution in [0.25, 0.3) is 0 Å². The number of likely N-dealkylation sites (tertiary alicyclic amines) is 1. The molecule has 2 heteroatoms. The van der Waals surface area contributed by atoms with Gasteiger partial charge in [-0.15, -0.1) is 0 Å². The van der Waals surface area contributed by atoms with E-state index in [4.69, 9.17) is 5.73 Å². The Morgan fingerprint density at radius 1 is 0.952 bits per heavy atom. The molecule has 1 rings (SSSR count). The molecule has 126 valence electrons. The van der Waals surface area contributed by atoms with Gasteiger partial charge in [0, 0.05) is 12.6 Å². The van der Waals surface area contributed by atoms with E-state index >= 15 is 0 Å². The topological polar surface area (TPSA) is 29.3 Å². The van der Waals surface area contributed by atoms with Crippen LogP contribution in [0.15, 0.2) is 0 Å². The van der Waals surface area contributed by atoms with Crippen LogP contribution in [0.3, 0.4) is 0 Å². The molecule has 1 aliphatic heterocycles. The third-order valence-electron chi connectivity index (χ3n) is 5.79. The van der Waals surface area contributed by atoms with E-state index < -0.39 is 0 Å². The number of nitrogens with two attached hydrogens (primary N) is 1. The van der Waals surface area contributed by atoms with Crippen molar-refractivity contribution in [2.75, 3.05) is 19.6 Å². The molecule has 1 heterocycles. The SMILES string of the molecule is CCCCCCCCCC(CN)N1CCC(C)(CC)CC1. The Morgan fingerprint density at radius 3 is 2.05 bits per heavy atom. The average Bonchev–Trinajstić information content (AvgIpc) is 2.51. The van der Waals surface area contributed by atoms with Gasteiger partial charge in [0.05, 0.1) is 0 Å². The molecule has 0 saturated carbocycles. The summed E-state index contributed by atoms with van der Waals surface area (Å²) in [4.78, 5) is 2.68. The molecule has 0 bridgehead atoms. The second kappa shape index (κ2) is 10.6. The molecular formula is C19H40N2. The Balaban J connectivity index is 2.14. The molecule has 2 N–H and O–H groups in total. The predicted molar refractivity (Wildman–Crippen MR) is 94.7 cm³/mol. The first-order valence-electron chi connectivity index (χ1n) is 9.59. The van der Waals surface area contributed by atoms with Gasteiger partial charge in [0.15, 0.2) is 0 Å². The van der Waals surface area contributed by atoms with Crippen molar-refractivity contribution in [1.29, 1.82) is 0 Å². The number of hydrogen-bond donors (Lipinski definition) is 1. The zero-order chi connectivity index (χ0) is 15.6. The van der Waals surface area contributed by atoms with Crippen molar-refractivity contribution in [2.45, 2.75) is 97.4 Å². The van der Waals surface area contributed by atoms with Crippen LogP contribution in [0.5, 0.6) is 0 Å². The van der Waals surface area contributed by atoms with Gasteiger partial charge in [-0.05, 0) is 37.8 Å².